The van der Waals surface area contributed by atoms with E-state index in [1.807, 2.05) is 0 Å². The normalized spacial score (nSPS) is 12.0. The molecule has 6 heteroatoms. The minimum absolute atomic E-state index is 0.0435. The third-order valence-electron chi connectivity index (χ3n) is 3.20. The quantitative estimate of drug-likeness (QED) is 0.831. The van der Waals surface area contributed by atoms with Crippen LogP contribution in [0.2, 0.25) is 0 Å². The Balaban J connectivity index is 1.95. The van der Waals surface area contributed by atoms with E-state index in [4.69, 9.17) is 9.15 Å². The molecule has 1 aromatic heterocycles. The van der Waals surface area contributed by atoms with Gasteiger partial charge in [0.15, 0.2) is 6.10 Å². The van der Waals surface area contributed by atoms with Crippen LogP contribution in [0.1, 0.15) is 30.0 Å². The summed E-state index contributed by atoms with van der Waals surface area (Å²) in [7, 11) is 0. The van der Waals surface area contributed by atoms with Crippen LogP contribution in [0.25, 0.3) is 0 Å². The lowest BCUT2D eigenvalue weighted by atomic mass is 10.1. The fourth-order valence-electron chi connectivity index (χ4n) is 1.95. The van der Waals surface area contributed by atoms with Crippen LogP contribution in [0.3, 0.4) is 0 Å². The van der Waals surface area contributed by atoms with Gasteiger partial charge in [-0.05, 0) is 35.7 Å². The molecule has 0 saturated carbocycles. The highest BCUT2D eigenvalue weighted by atomic mass is 19.1. The highest BCUT2D eigenvalue weighted by molar-refractivity contribution is 5.90. The minimum Gasteiger partial charge on any atom is -0.457 e. The van der Waals surface area contributed by atoms with Crippen LogP contribution in [-0.4, -0.2) is 18.0 Å². The lowest BCUT2D eigenvalue weighted by Crippen LogP contribution is -2.40. The van der Waals surface area contributed by atoms with Gasteiger partial charge in [-0.1, -0.05) is 26.0 Å². The second-order valence-electron chi connectivity index (χ2n) is 5.39. The maximum absolute atomic E-state index is 12.8. The van der Waals surface area contributed by atoms with Gasteiger partial charge in [0.2, 0.25) is 5.76 Å². The van der Waals surface area contributed by atoms with Gasteiger partial charge in [0.05, 0.1) is 6.26 Å². The summed E-state index contributed by atoms with van der Waals surface area (Å²) in [6, 6.07) is 8.83. The Morgan fingerprint density at radius 1 is 1.22 bits per heavy atom. The maximum atomic E-state index is 12.8. The molecular weight excluding hydrogens is 301 g/mol. The van der Waals surface area contributed by atoms with E-state index < -0.39 is 18.0 Å². The number of carbonyl (C=O) groups is 2. The van der Waals surface area contributed by atoms with Crippen molar-refractivity contribution in [3.8, 4) is 0 Å². The van der Waals surface area contributed by atoms with Gasteiger partial charge in [-0.2, -0.15) is 0 Å². The zero-order valence-corrected chi connectivity index (χ0v) is 12.9. The van der Waals surface area contributed by atoms with Gasteiger partial charge in [-0.15, -0.1) is 0 Å². The van der Waals surface area contributed by atoms with Gasteiger partial charge in [-0.25, -0.2) is 9.18 Å². The van der Waals surface area contributed by atoms with Crippen LogP contribution in [0, 0.1) is 11.7 Å². The van der Waals surface area contributed by atoms with Crippen molar-refractivity contribution < 1.29 is 23.1 Å². The molecule has 0 saturated heterocycles. The van der Waals surface area contributed by atoms with Crippen molar-refractivity contribution in [3.63, 3.8) is 0 Å². The van der Waals surface area contributed by atoms with E-state index >= 15 is 0 Å². The molecule has 0 radical (unpaired) electrons. The first-order valence-electron chi connectivity index (χ1n) is 7.24. The fourth-order valence-corrected chi connectivity index (χ4v) is 1.95. The molecule has 0 fully saturated rings. The van der Waals surface area contributed by atoms with Gasteiger partial charge >= 0.3 is 5.97 Å². The van der Waals surface area contributed by atoms with Crippen molar-refractivity contribution in [2.75, 3.05) is 0 Å². The Bertz CT molecular complexity index is 650. The van der Waals surface area contributed by atoms with Crippen molar-refractivity contribution in [2.45, 2.75) is 26.5 Å². The first kappa shape index (κ1) is 16.7. The van der Waals surface area contributed by atoms with E-state index in [1.54, 1.807) is 32.0 Å². The summed E-state index contributed by atoms with van der Waals surface area (Å²) >= 11 is 0. The number of esters is 1. The summed E-state index contributed by atoms with van der Waals surface area (Å²) in [6.45, 7) is 3.77. The van der Waals surface area contributed by atoms with Gasteiger partial charge in [0, 0.05) is 6.54 Å². The summed E-state index contributed by atoms with van der Waals surface area (Å²) in [5.41, 5.74) is 0.750. The third-order valence-corrected chi connectivity index (χ3v) is 3.20. The van der Waals surface area contributed by atoms with Gasteiger partial charge in [0.1, 0.15) is 5.82 Å². The number of benzene rings is 1. The Labute approximate surface area is 133 Å². The Morgan fingerprint density at radius 2 is 1.91 bits per heavy atom. The summed E-state index contributed by atoms with van der Waals surface area (Å²) in [5, 5.41) is 2.68. The Kier molecular flexibility index (Phi) is 5.51. The molecule has 1 amide bonds. The first-order chi connectivity index (χ1) is 11.0. The molecule has 23 heavy (non-hydrogen) atoms. The topological polar surface area (TPSA) is 68.5 Å². The number of carbonyl (C=O) groups excluding carboxylic acids is 2. The highest BCUT2D eigenvalue weighted by Gasteiger charge is 2.27. The lowest BCUT2D eigenvalue weighted by Gasteiger charge is -2.20. The van der Waals surface area contributed by atoms with E-state index in [0.717, 1.165) is 5.56 Å². The predicted octanol–water partition coefficient (Wildman–Crippen LogP) is 2.92. The monoisotopic (exact) mass is 319 g/mol. The maximum Gasteiger partial charge on any atom is 0.375 e. The van der Waals surface area contributed by atoms with E-state index in [1.165, 1.54) is 24.5 Å². The molecular formula is C17H18FNO4. The van der Waals surface area contributed by atoms with Crippen molar-refractivity contribution in [1.29, 1.82) is 0 Å². The second kappa shape index (κ2) is 7.58. The largest absolute Gasteiger partial charge is 0.457 e. The smallest absolute Gasteiger partial charge is 0.375 e. The number of hydrogen-bond acceptors (Lipinski definition) is 4. The van der Waals surface area contributed by atoms with Crippen LogP contribution in [0.4, 0.5) is 4.39 Å². The molecule has 1 atom stereocenters. The molecule has 0 aliphatic carbocycles. The van der Waals surface area contributed by atoms with Gasteiger partial charge < -0.3 is 14.5 Å². The van der Waals surface area contributed by atoms with Crippen LogP contribution in [0.15, 0.2) is 47.1 Å². The standard InChI is InChI=1S/C17H18FNO4/c1-11(2)15(23-17(21)14-4-3-9-22-14)16(20)19-10-12-5-7-13(18)8-6-12/h3-9,11,15H,10H2,1-2H3,(H,19,20)/t15-/m0/s1. The Hall–Kier alpha value is -2.63. The SMILES string of the molecule is CC(C)[C@H](OC(=O)c1ccco1)C(=O)NCc1ccc(F)cc1. The summed E-state index contributed by atoms with van der Waals surface area (Å²) in [4.78, 5) is 24.1. The molecule has 1 aromatic carbocycles. The van der Waals surface area contributed by atoms with E-state index in [2.05, 4.69) is 5.32 Å². The third kappa shape index (κ3) is 4.67. The lowest BCUT2D eigenvalue weighted by molar-refractivity contribution is -0.132. The first-order valence-corrected chi connectivity index (χ1v) is 7.24. The molecule has 0 bridgehead atoms. The highest BCUT2D eigenvalue weighted by Crippen LogP contribution is 2.12. The summed E-state index contributed by atoms with van der Waals surface area (Å²) in [6.07, 6.45) is 0.420. The molecule has 5 nitrogen and oxygen atoms in total. The summed E-state index contributed by atoms with van der Waals surface area (Å²) < 4.78 is 23.0. The molecule has 2 aromatic rings. The number of furan rings is 1. The van der Waals surface area contributed by atoms with E-state index in [-0.39, 0.29) is 24.0 Å². The summed E-state index contributed by atoms with van der Waals surface area (Å²) in [5.74, 6) is -1.61. The van der Waals surface area contributed by atoms with Crippen LogP contribution in [0.5, 0.6) is 0 Å². The number of hydrogen-bond donors (Lipinski definition) is 1. The average Bonchev–Trinajstić information content (AvgIpc) is 3.05. The number of halogens is 1. The molecule has 2 rings (SSSR count). The number of ether oxygens (including phenoxy) is 1. The van der Waals surface area contributed by atoms with Crippen LogP contribution < -0.4 is 5.32 Å². The van der Waals surface area contributed by atoms with Crippen LogP contribution in [-0.2, 0) is 16.1 Å². The molecule has 122 valence electrons. The number of rotatable bonds is 6. The Morgan fingerprint density at radius 3 is 2.48 bits per heavy atom. The number of amides is 1. The zero-order valence-electron chi connectivity index (χ0n) is 12.9. The van der Waals surface area contributed by atoms with Gasteiger partial charge in [0.25, 0.3) is 5.91 Å². The molecule has 0 aliphatic heterocycles. The van der Waals surface area contributed by atoms with Crippen molar-refractivity contribution in [3.05, 3.63) is 59.8 Å². The van der Waals surface area contributed by atoms with Gasteiger partial charge in [-0.3, -0.25) is 4.79 Å². The van der Waals surface area contributed by atoms with Crippen LogP contribution >= 0.6 is 0 Å². The van der Waals surface area contributed by atoms with E-state index in [0.29, 0.717) is 0 Å². The van der Waals surface area contributed by atoms with Crippen molar-refractivity contribution >= 4 is 11.9 Å². The predicted molar refractivity (Wildman–Crippen MR) is 81.0 cm³/mol. The molecule has 0 spiro atoms. The molecule has 1 heterocycles. The van der Waals surface area contributed by atoms with E-state index in [9.17, 15) is 14.0 Å². The fraction of sp³-hybridized carbons (Fsp3) is 0.294. The molecule has 1 N–H and O–H groups in total. The zero-order chi connectivity index (χ0) is 16.8. The minimum atomic E-state index is -0.937. The molecule has 0 aliphatic rings. The number of nitrogens with one attached hydrogen (secondary N) is 1. The van der Waals surface area contributed by atoms with Crippen molar-refractivity contribution in [2.24, 2.45) is 5.92 Å². The molecule has 0 unspecified atom stereocenters. The van der Waals surface area contributed by atoms with Crippen molar-refractivity contribution in [1.82, 2.24) is 5.32 Å². The second-order valence-corrected chi connectivity index (χ2v) is 5.39. The average molecular weight is 319 g/mol.